The molecule has 0 aliphatic heterocycles. The van der Waals surface area contributed by atoms with E-state index < -0.39 is 29.7 Å². The SMILES string of the molecule is CCn1cc(NC(=O)[C@H](C)n2nc(C(F)(F)F)c(Br)c2C)c(C(N)=O)n1. The van der Waals surface area contributed by atoms with E-state index in [1.54, 1.807) is 6.92 Å². The Morgan fingerprint density at radius 2 is 2.00 bits per heavy atom. The van der Waals surface area contributed by atoms with Crippen LogP contribution in [0.5, 0.6) is 0 Å². The van der Waals surface area contributed by atoms with Crippen LogP contribution < -0.4 is 11.1 Å². The van der Waals surface area contributed by atoms with Crippen molar-refractivity contribution in [1.82, 2.24) is 19.6 Å². The molecule has 0 aliphatic rings. The third kappa shape index (κ3) is 3.74. The highest BCUT2D eigenvalue weighted by Gasteiger charge is 2.39. The van der Waals surface area contributed by atoms with Crippen molar-refractivity contribution < 1.29 is 22.8 Å². The van der Waals surface area contributed by atoms with E-state index >= 15 is 0 Å². The van der Waals surface area contributed by atoms with Gasteiger partial charge in [0.05, 0.1) is 15.9 Å². The van der Waals surface area contributed by atoms with Crippen LogP contribution in [0.4, 0.5) is 18.9 Å². The summed E-state index contributed by atoms with van der Waals surface area (Å²) in [5, 5.41) is 9.88. The van der Waals surface area contributed by atoms with Gasteiger partial charge in [-0.25, -0.2) is 0 Å². The first-order valence-corrected chi connectivity index (χ1v) is 8.26. The molecule has 142 valence electrons. The van der Waals surface area contributed by atoms with Gasteiger partial charge in [0.1, 0.15) is 6.04 Å². The Hall–Kier alpha value is -2.37. The molecule has 0 aromatic carbocycles. The third-order valence-corrected chi connectivity index (χ3v) is 4.62. The lowest BCUT2D eigenvalue weighted by Crippen LogP contribution is -2.26. The number of hydrogen-bond acceptors (Lipinski definition) is 4. The molecule has 2 heterocycles. The average Bonchev–Trinajstić information content (AvgIpc) is 3.08. The number of primary amides is 1. The van der Waals surface area contributed by atoms with Crippen molar-refractivity contribution in [1.29, 1.82) is 0 Å². The normalized spacial score (nSPS) is 12.9. The van der Waals surface area contributed by atoms with Crippen molar-refractivity contribution >= 4 is 33.4 Å². The molecule has 1 atom stereocenters. The van der Waals surface area contributed by atoms with Gasteiger partial charge in [0.15, 0.2) is 11.4 Å². The maximum absolute atomic E-state index is 13.0. The highest BCUT2D eigenvalue weighted by Crippen LogP contribution is 2.36. The predicted octanol–water partition coefficient (Wildman–Crippen LogP) is 2.49. The summed E-state index contributed by atoms with van der Waals surface area (Å²) >= 11 is 2.85. The molecule has 12 heteroatoms. The van der Waals surface area contributed by atoms with Gasteiger partial charge in [0.25, 0.3) is 5.91 Å². The number of aromatic nitrogens is 4. The summed E-state index contributed by atoms with van der Waals surface area (Å²) < 4.78 is 41.0. The first-order chi connectivity index (χ1) is 12.0. The molecule has 2 rings (SSSR count). The van der Waals surface area contributed by atoms with Crippen LogP contribution in [0.2, 0.25) is 0 Å². The van der Waals surface area contributed by atoms with E-state index in [1.807, 2.05) is 0 Å². The number of aryl methyl sites for hydroxylation is 1. The summed E-state index contributed by atoms with van der Waals surface area (Å²) in [6, 6.07) is -1.08. The molecule has 0 bridgehead atoms. The van der Waals surface area contributed by atoms with Gasteiger partial charge in [-0.15, -0.1) is 0 Å². The second-order valence-electron chi connectivity index (χ2n) is 5.47. The molecule has 8 nitrogen and oxygen atoms in total. The lowest BCUT2D eigenvalue weighted by molar-refractivity contribution is -0.142. The van der Waals surface area contributed by atoms with Crippen molar-refractivity contribution in [3.63, 3.8) is 0 Å². The van der Waals surface area contributed by atoms with Gasteiger partial charge >= 0.3 is 6.18 Å². The van der Waals surface area contributed by atoms with Crippen LogP contribution in [-0.4, -0.2) is 31.4 Å². The standard InChI is InChI=1S/C14H16BrF3N6O2/c1-4-23-5-8(10(21-23)12(19)25)20-13(26)7(3)24-6(2)9(15)11(22-24)14(16,17)18/h5,7H,4H2,1-3H3,(H2,19,25)(H,20,26)/t7-/m0/s1. The van der Waals surface area contributed by atoms with Crippen LogP contribution in [0, 0.1) is 6.92 Å². The Balaban J connectivity index is 2.32. The largest absolute Gasteiger partial charge is 0.436 e. The van der Waals surface area contributed by atoms with Gasteiger partial charge in [-0.2, -0.15) is 23.4 Å². The number of halogens is 4. The zero-order valence-corrected chi connectivity index (χ0v) is 15.6. The van der Waals surface area contributed by atoms with Crippen LogP contribution >= 0.6 is 15.9 Å². The molecule has 2 amide bonds. The van der Waals surface area contributed by atoms with Crippen molar-refractivity contribution in [2.45, 2.75) is 39.5 Å². The lowest BCUT2D eigenvalue weighted by Gasteiger charge is -2.14. The van der Waals surface area contributed by atoms with Gasteiger partial charge in [-0.1, -0.05) is 0 Å². The molecular formula is C14H16BrF3N6O2. The van der Waals surface area contributed by atoms with E-state index in [-0.39, 0.29) is 21.5 Å². The van der Waals surface area contributed by atoms with Crippen LogP contribution in [0.25, 0.3) is 0 Å². The minimum Gasteiger partial charge on any atom is -0.364 e. The summed E-state index contributed by atoms with van der Waals surface area (Å²) in [5.41, 5.74) is 4.19. The molecule has 0 radical (unpaired) electrons. The Morgan fingerprint density at radius 3 is 2.46 bits per heavy atom. The van der Waals surface area contributed by atoms with Gasteiger partial charge < -0.3 is 11.1 Å². The summed E-state index contributed by atoms with van der Waals surface area (Å²) in [6.07, 6.45) is -3.25. The second kappa shape index (κ2) is 7.09. The lowest BCUT2D eigenvalue weighted by atomic mass is 10.2. The second-order valence-corrected chi connectivity index (χ2v) is 6.26. The molecule has 0 saturated carbocycles. The Bertz CT molecular complexity index is 858. The average molecular weight is 437 g/mol. The fourth-order valence-electron chi connectivity index (χ4n) is 2.26. The van der Waals surface area contributed by atoms with Crippen molar-refractivity contribution in [3.05, 3.63) is 27.8 Å². The van der Waals surface area contributed by atoms with Crippen molar-refractivity contribution in [3.8, 4) is 0 Å². The van der Waals surface area contributed by atoms with Crippen molar-refractivity contribution in [2.24, 2.45) is 5.73 Å². The number of nitrogens with one attached hydrogen (secondary N) is 1. The number of carbonyl (C=O) groups excluding carboxylic acids is 2. The fraction of sp³-hybridized carbons (Fsp3) is 0.429. The van der Waals surface area contributed by atoms with E-state index in [2.05, 4.69) is 31.4 Å². The van der Waals surface area contributed by atoms with Gasteiger partial charge in [-0.3, -0.25) is 19.0 Å². The molecule has 2 aromatic rings. The molecule has 0 aliphatic carbocycles. The minimum absolute atomic E-state index is 0.0797. The van der Waals surface area contributed by atoms with E-state index in [0.717, 1.165) is 4.68 Å². The number of amides is 2. The number of anilines is 1. The molecule has 3 N–H and O–H groups in total. The number of rotatable bonds is 5. The van der Waals surface area contributed by atoms with Gasteiger partial charge in [0, 0.05) is 12.7 Å². The van der Waals surface area contributed by atoms with Crippen LogP contribution in [0.1, 0.15) is 41.8 Å². The fourth-order valence-corrected chi connectivity index (χ4v) is 2.75. The predicted molar refractivity (Wildman–Crippen MR) is 89.4 cm³/mol. The molecule has 26 heavy (non-hydrogen) atoms. The quantitative estimate of drug-likeness (QED) is 0.750. The number of carbonyl (C=O) groups is 2. The maximum Gasteiger partial charge on any atom is 0.436 e. The van der Waals surface area contributed by atoms with Crippen LogP contribution in [0.15, 0.2) is 10.7 Å². The number of hydrogen-bond donors (Lipinski definition) is 2. The Morgan fingerprint density at radius 1 is 1.38 bits per heavy atom. The highest BCUT2D eigenvalue weighted by atomic mass is 79.9. The van der Waals surface area contributed by atoms with E-state index in [4.69, 9.17) is 5.73 Å². The summed E-state index contributed by atoms with van der Waals surface area (Å²) in [7, 11) is 0. The van der Waals surface area contributed by atoms with Crippen LogP contribution in [-0.2, 0) is 17.5 Å². The summed E-state index contributed by atoms with van der Waals surface area (Å²) in [4.78, 5) is 23.9. The zero-order chi connectivity index (χ0) is 19.8. The third-order valence-electron chi connectivity index (χ3n) is 3.67. The topological polar surface area (TPSA) is 108 Å². The molecule has 0 spiro atoms. The van der Waals surface area contributed by atoms with E-state index in [0.29, 0.717) is 6.54 Å². The van der Waals surface area contributed by atoms with Gasteiger partial charge in [-0.05, 0) is 36.7 Å². The Kier molecular flexibility index (Phi) is 5.44. The molecule has 0 saturated heterocycles. The minimum atomic E-state index is -4.66. The highest BCUT2D eigenvalue weighted by molar-refractivity contribution is 9.10. The van der Waals surface area contributed by atoms with E-state index in [9.17, 15) is 22.8 Å². The van der Waals surface area contributed by atoms with Crippen molar-refractivity contribution in [2.75, 3.05) is 5.32 Å². The first kappa shape index (κ1) is 19.9. The van der Waals surface area contributed by atoms with Crippen LogP contribution in [0.3, 0.4) is 0 Å². The number of nitrogens with two attached hydrogens (primary N) is 1. The smallest absolute Gasteiger partial charge is 0.364 e. The monoisotopic (exact) mass is 436 g/mol. The first-order valence-electron chi connectivity index (χ1n) is 7.47. The summed E-state index contributed by atoms with van der Waals surface area (Å²) in [6.45, 7) is 5.00. The zero-order valence-electron chi connectivity index (χ0n) is 14.1. The maximum atomic E-state index is 13.0. The Labute approximate surface area is 154 Å². The number of nitrogens with zero attached hydrogens (tertiary/aromatic N) is 4. The number of alkyl halides is 3. The molecular weight excluding hydrogens is 421 g/mol. The molecule has 0 fully saturated rings. The molecule has 2 aromatic heterocycles. The van der Waals surface area contributed by atoms with E-state index in [1.165, 1.54) is 24.7 Å². The molecule has 0 unspecified atom stereocenters. The van der Waals surface area contributed by atoms with Gasteiger partial charge in [0.2, 0.25) is 5.91 Å². The summed E-state index contributed by atoms with van der Waals surface area (Å²) in [5.74, 6) is -1.51.